The molecule has 1 aromatic carbocycles. The number of hydrogen-bond acceptors (Lipinski definition) is 5. The van der Waals surface area contributed by atoms with Gasteiger partial charge in [-0.05, 0) is 58.7 Å². The van der Waals surface area contributed by atoms with Crippen LogP contribution in [0.4, 0.5) is 0 Å². The molecular weight excluding hydrogens is 344 g/mol. The van der Waals surface area contributed by atoms with Crippen molar-refractivity contribution in [1.29, 1.82) is 0 Å². The number of nitrogens with zero attached hydrogens (tertiary/aromatic N) is 1. The van der Waals surface area contributed by atoms with Crippen LogP contribution in [0.1, 0.15) is 56.8 Å². The summed E-state index contributed by atoms with van der Waals surface area (Å²) in [4.78, 5) is 15.5. The molecule has 0 aromatic heterocycles. The number of ether oxygens (including phenoxy) is 3. The lowest BCUT2D eigenvalue weighted by molar-refractivity contribution is 0.0914. The van der Waals surface area contributed by atoms with E-state index in [1.165, 1.54) is 19.3 Å². The van der Waals surface area contributed by atoms with Gasteiger partial charge in [-0.3, -0.25) is 9.69 Å². The van der Waals surface area contributed by atoms with Crippen molar-refractivity contribution in [2.45, 2.75) is 58.5 Å². The van der Waals surface area contributed by atoms with Crippen LogP contribution in [0.2, 0.25) is 0 Å². The molecule has 0 spiro atoms. The van der Waals surface area contributed by atoms with Gasteiger partial charge >= 0.3 is 0 Å². The summed E-state index contributed by atoms with van der Waals surface area (Å²) in [5.41, 5.74) is 0.555. The van der Waals surface area contributed by atoms with Gasteiger partial charge in [0.15, 0.2) is 11.5 Å². The van der Waals surface area contributed by atoms with Crippen molar-refractivity contribution in [3.63, 3.8) is 0 Å². The molecule has 2 fully saturated rings. The van der Waals surface area contributed by atoms with E-state index in [4.69, 9.17) is 14.2 Å². The maximum Gasteiger partial charge on any atom is 0.251 e. The van der Waals surface area contributed by atoms with Gasteiger partial charge in [0.2, 0.25) is 5.75 Å². The van der Waals surface area contributed by atoms with Crippen LogP contribution in [0, 0.1) is 0 Å². The van der Waals surface area contributed by atoms with E-state index in [2.05, 4.69) is 10.2 Å². The van der Waals surface area contributed by atoms with E-state index in [1.54, 1.807) is 12.1 Å². The number of hydrogen-bond donors (Lipinski definition) is 1. The molecule has 2 aliphatic rings. The molecule has 2 saturated heterocycles. The SMILES string of the molecule is CCOc1cc(C(=O)NC2CCN3CCCCC23)cc(OCC)c1OCC. The Morgan fingerprint density at radius 3 is 2.30 bits per heavy atom. The van der Waals surface area contributed by atoms with E-state index in [0.29, 0.717) is 48.7 Å². The van der Waals surface area contributed by atoms with Crippen LogP contribution >= 0.6 is 0 Å². The van der Waals surface area contributed by atoms with Crippen LogP contribution in [0.3, 0.4) is 0 Å². The Hall–Kier alpha value is -1.95. The summed E-state index contributed by atoms with van der Waals surface area (Å²) in [6.07, 6.45) is 4.71. The molecule has 0 aliphatic carbocycles. The molecule has 150 valence electrons. The topological polar surface area (TPSA) is 60.0 Å². The Morgan fingerprint density at radius 2 is 1.67 bits per heavy atom. The highest BCUT2D eigenvalue weighted by molar-refractivity contribution is 5.96. The third kappa shape index (κ3) is 4.49. The van der Waals surface area contributed by atoms with Crippen LogP contribution < -0.4 is 19.5 Å². The second kappa shape index (κ2) is 9.31. The zero-order chi connectivity index (χ0) is 19.2. The number of benzene rings is 1. The lowest BCUT2D eigenvalue weighted by atomic mass is 9.98. The highest BCUT2D eigenvalue weighted by atomic mass is 16.5. The first-order valence-corrected chi connectivity index (χ1v) is 10.3. The summed E-state index contributed by atoms with van der Waals surface area (Å²) in [7, 11) is 0. The van der Waals surface area contributed by atoms with Gasteiger partial charge in [0, 0.05) is 24.2 Å². The molecule has 27 heavy (non-hydrogen) atoms. The number of piperidine rings is 1. The van der Waals surface area contributed by atoms with E-state index in [0.717, 1.165) is 19.5 Å². The van der Waals surface area contributed by atoms with Gasteiger partial charge in [-0.15, -0.1) is 0 Å². The Balaban J connectivity index is 1.80. The molecule has 2 unspecified atom stereocenters. The van der Waals surface area contributed by atoms with Crippen molar-refractivity contribution in [3.05, 3.63) is 17.7 Å². The number of carbonyl (C=O) groups excluding carboxylic acids is 1. The van der Waals surface area contributed by atoms with Gasteiger partial charge in [-0.25, -0.2) is 0 Å². The zero-order valence-electron chi connectivity index (χ0n) is 16.8. The number of fused-ring (bicyclic) bond motifs is 1. The van der Waals surface area contributed by atoms with Crippen LogP contribution in [-0.2, 0) is 0 Å². The Bertz CT molecular complexity index is 622. The standard InChI is InChI=1S/C21H32N2O4/c1-4-25-18-13-15(14-19(26-5-2)20(18)27-6-3)21(24)22-16-10-12-23-11-8-7-9-17(16)23/h13-14,16-17H,4-12H2,1-3H3,(H,22,24). The fourth-order valence-electron chi connectivity index (χ4n) is 4.19. The van der Waals surface area contributed by atoms with E-state index < -0.39 is 0 Å². The van der Waals surface area contributed by atoms with Crippen molar-refractivity contribution in [2.24, 2.45) is 0 Å². The lowest BCUT2D eigenvalue weighted by Gasteiger charge is -2.32. The third-order valence-electron chi connectivity index (χ3n) is 5.34. The number of rotatable bonds is 8. The highest BCUT2D eigenvalue weighted by Gasteiger charge is 2.36. The number of nitrogens with one attached hydrogen (secondary N) is 1. The smallest absolute Gasteiger partial charge is 0.251 e. The summed E-state index contributed by atoms with van der Waals surface area (Å²) >= 11 is 0. The van der Waals surface area contributed by atoms with E-state index >= 15 is 0 Å². The molecule has 0 bridgehead atoms. The molecule has 3 rings (SSSR count). The Kier molecular flexibility index (Phi) is 6.83. The maximum absolute atomic E-state index is 13.0. The summed E-state index contributed by atoms with van der Waals surface area (Å²) in [6.45, 7) is 9.48. The average molecular weight is 376 g/mol. The number of carbonyl (C=O) groups is 1. The van der Waals surface area contributed by atoms with Crippen LogP contribution in [-0.4, -0.2) is 55.8 Å². The molecular formula is C21H32N2O4. The minimum atomic E-state index is -0.0719. The molecule has 2 aliphatic heterocycles. The number of amides is 1. The van der Waals surface area contributed by atoms with E-state index in [-0.39, 0.29) is 11.9 Å². The first kappa shape index (κ1) is 19.8. The summed E-state index contributed by atoms with van der Waals surface area (Å²) in [5.74, 6) is 1.61. The first-order chi connectivity index (χ1) is 13.2. The molecule has 2 heterocycles. The van der Waals surface area contributed by atoms with Gasteiger partial charge in [0.05, 0.1) is 19.8 Å². The van der Waals surface area contributed by atoms with Crippen LogP contribution in [0.5, 0.6) is 17.2 Å². The largest absolute Gasteiger partial charge is 0.490 e. The molecule has 1 aromatic rings. The predicted octanol–water partition coefficient (Wildman–Crippen LogP) is 3.24. The normalized spacial score (nSPS) is 22.2. The lowest BCUT2D eigenvalue weighted by Crippen LogP contribution is -2.46. The fourth-order valence-corrected chi connectivity index (χ4v) is 4.19. The zero-order valence-corrected chi connectivity index (χ0v) is 16.8. The van der Waals surface area contributed by atoms with Crippen molar-refractivity contribution in [3.8, 4) is 17.2 Å². The summed E-state index contributed by atoms with van der Waals surface area (Å²) in [6, 6.07) is 4.22. The highest BCUT2D eigenvalue weighted by Crippen LogP contribution is 2.39. The molecule has 0 radical (unpaired) electrons. The second-order valence-electron chi connectivity index (χ2n) is 7.07. The Labute approximate surface area is 162 Å². The maximum atomic E-state index is 13.0. The average Bonchev–Trinajstić information content (AvgIpc) is 3.07. The van der Waals surface area contributed by atoms with Gasteiger partial charge in [0.1, 0.15) is 0 Å². The van der Waals surface area contributed by atoms with E-state index in [1.807, 2.05) is 20.8 Å². The Morgan fingerprint density at radius 1 is 1.00 bits per heavy atom. The van der Waals surface area contributed by atoms with Crippen LogP contribution in [0.25, 0.3) is 0 Å². The van der Waals surface area contributed by atoms with Gasteiger partial charge in [-0.1, -0.05) is 6.42 Å². The predicted molar refractivity (Wildman–Crippen MR) is 105 cm³/mol. The molecule has 1 amide bonds. The first-order valence-electron chi connectivity index (χ1n) is 10.3. The van der Waals surface area contributed by atoms with Crippen molar-refractivity contribution in [2.75, 3.05) is 32.9 Å². The minimum absolute atomic E-state index is 0.0719. The van der Waals surface area contributed by atoms with Gasteiger partial charge in [0.25, 0.3) is 5.91 Å². The van der Waals surface area contributed by atoms with Crippen LogP contribution in [0.15, 0.2) is 12.1 Å². The van der Waals surface area contributed by atoms with Crippen molar-refractivity contribution < 1.29 is 19.0 Å². The minimum Gasteiger partial charge on any atom is -0.490 e. The molecule has 0 saturated carbocycles. The third-order valence-corrected chi connectivity index (χ3v) is 5.34. The fraction of sp³-hybridized carbons (Fsp3) is 0.667. The van der Waals surface area contributed by atoms with Gasteiger partial charge in [-0.2, -0.15) is 0 Å². The molecule has 1 N–H and O–H groups in total. The quantitative estimate of drug-likeness (QED) is 0.755. The summed E-state index contributed by atoms with van der Waals surface area (Å²) in [5, 5.41) is 3.25. The molecule has 6 nitrogen and oxygen atoms in total. The van der Waals surface area contributed by atoms with Crippen molar-refractivity contribution in [1.82, 2.24) is 10.2 Å². The monoisotopic (exact) mass is 376 g/mol. The molecule has 6 heteroatoms. The van der Waals surface area contributed by atoms with Crippen molar-refractivity contribution >= 4 is 5.91 Å². The molecule has 2 atom stereocenters. The van der Waals surface area contributed by atoms with Gasteiger partial charge < -0.3 is 19.5 Å². The summed E-state index contributed by atoms with van der Waals surface area (Å²) < 4.78 is 17.2. The second-order valence-corrected chi connectivity index (χ2v) is 7.07. The van der Waals surface area contributed by atoms with E-state index in [9.17, 15) is 4.79 Å².